The third-order valence-electron chi connectivity index (χ3n) is 7.41. The van der Waals surface area contributed by atoms with Gasteiger partial charge in [0.15, 0.2) is 5.11 Å². The Morgan fingerprint density at radius 2 is 1.49 bits per heavy atom. The fraction of sp³-hybridized carbons (Fsp3) is 0.323. The second kappa shape index (κ2) is 12.4. The lowest BCUT2D eigenvalue weighted by molar-refractivity contribution is -0.124. The number of anilines is 3. The van der Waals surface area contributed by atoms with Crippen molar-refractivity contribution in [2.24, 2.45) is 0 Å². The molecular weight excluding hydrogens is 506 g/mol. The van der Waals surface area contributed by atoms with Crippen LogP contribution in [0.25, 0.3) is 0 Å². The first-order chi connectivity index (χ1) is 19.0. The zero-order valence-corrected chi connectivity index (χ0v) is 23.1. The predicted molar refractivity (Wildman–Crippen MR) is 161 cm³/mol. The van der Waals surface area contributed by atoms with Crippen molar-refractivity contribution in [3.63, 3.8) is 0 Å². The first-order valence-corrected chi connectivity index (χ1v) is 14.0. The first-order valence-electron chi connectivity index (χ1n) is 13.6. The molecule has 0 aliphatic carbocycles. The van der Waals surface area contributed by atoms with Crippen LogP contribution in [-0.4, -0.2) is 72.0 Å². The Morgan fingerprint density at radius 3 is 2.15 bits per heavy atom. The molecule has 3 aromatic rings. The van der Waals surface area contributed by atoms with E-state index in [4.69, 9.17) is 12.2 Å². The highest BCUT2D eigenvalue weighted by Crippen LogP contribution is 2.28. The molecule has 0 spiro atoms. The van der Waals surface area contributed by atoms with Gasteiger partial charge in [-0.2, -0.15) is 0 Å². The molecule has 2 saturated heterocycles. The van der Waals surface area contributed by atoms with Crippen LogP contribution in [0.2, 0.25) is 0 Å². The maximum atomic E-state index is 13.6. The van der Waals surface area contributed by atoms with Crippen molar-refractivity contribution in [1.29, 1.82) is 0 Å². The van der Waals surface area contributed by atoms with Gasteiger partial charge in [0.1, 0.15) is 6.04 Å². The molecule has 202 valence electrons. The highest BCUT2D eigenvalue weighted by molar-refractivity contribution is 7.80. The summed E-state index contributed by atoms with van der Waals surface area (Å²) in [5.74, 6) is -0.348. The topological polar surface area (TPSA) is 59.1 Å². The van der Waals surface area contributed by atoms with E-state index in [1.807, 2.05) is 72.5 Å². The number of nitrogens with one attached hydrogen (secondary N) is 1. The highest BCUT2D eigenvalue weighted by Gasteiger charge is 2.43. The molecule has 3 aromatic carbocycles. The summed E-state index contributed by atoms with van der Waals surface area (Å²) in [5.41, 5.74) is 3.83. The lowest BCUT2D eigenvalue weighted by Gasteiger charge is -2.36. The predicted octanol–water partition coefficient (Wildman–Crippen LogP) is 4.54. The van der Waals surface area contributed by atoms with E-state index in [1.54, 1.807) is 4.90 Å². The fourth-order valence-corrected chi connectivity index (χ4v) is 5.68. The molecule has 39 heavy (non-hydrogen) atoms. The summed E-state index contributed by atoms with van der Waals surface area (Å²) < 4.78 is 0. The molecule has 2 amide bonds. The normalized spacial score (nSPS) is 18.1. The van der Waals surface area contributed by atoms with Gasteiger partial charge in [-0.3, -0.25) is 19.4 Å². The number of rotatable bonds is 9. The molecule has 2 fully saturated rings. The van der Waals surface area contributed by atoms with Gasteiger partial charge in [-0.05, 0) is 68.5 Å². The number of nitrogens with zero attached hydrogens (tertiary/aromatic N) is 4. The van der Waals surface area contributed by atoms with Crippen LogP contribution in [0.4, 0.5) is 17.1 Å². The summed E-state index contributed by atoms with van der Waals surface area (Å²) in [6.45, 7) is 7.53. The number of hydrogen-bond acceptors (Lipinski definition) is 5. The first kappa shape index (κ1) is 26.8. The van der Waals surface area contributed by atoms with Gasteiger partial charge in [0, 0.05) is 44.1 Å². The largest absolute Gasteiger partial charge is 0.369 e. The van der Waals surface area contributed by atoms with Gasteiger partial charge < -0.3 is 15.1 Å². The molecule has 1 atom stereocenters. The Morgan fingerprint density at radius 1 is 0.846 bits per heavy atom. The van der Waals surface area contributed by atoms with Crippen molar-refractivity contribution in [1.82, 2.24) is 9.80 Å². The lowest BCUT2D eigenvalue weighted by atomic mass is 10.1. The minimum atomic E-state index is -0.627. The van der Waals surface area contributed by atoms with Gasteiger partial charge in [-0.25, -0.2) is 0 Å². The minimum absolute atomic E-state index is 0.0476. The van der Waals surface area contributed by atoms with Crippen LogP contribution >= 0.6 is 12.2 Å². The average molecular weight is 542 g/mol. The summed E-state index contributed by atoms with van der Waals surface area (Å²) in [4.78, 5) is 35.0. The summed E-state index contributed by atoms with van der Waals surface area (Å²) in [7, 11) is 0. The van der Waals surface area contributed by atoms with E-state index in [1.165, 1.54) is 5.69 Å². The van der Waals surface area contributed by atoms with Crippen molar-refractivity contribution in [2.75, 3.05) is 54.4 Å². The second-order valence-corrected chi connectivity index (χ2v) is 10.5. The smallest absolute Gasteiger partial charge is 0.256 e. The molecule has 0 aromatic heterocycles. The monoisotopic (exact) mass is 541 g/mol. The maximum Gasteiger partial charge on any atom is 0.256 e. The number of carbonyl (C=O) groups is 2. The zero-order chi connectivity index (χ0) is 27.2. The number of hydrogen-bond donors (Lipinski definition) is 1. The molecule has 0 unspecified atom stereocenters. The molecule has 2 aliphatic heterocycles. The number of amides is 2. The molecule has 2 aliphatic rings. The highest BCUT2D eigenvalue weighted by atomic mass is 32.1. The molecule has 5 rings (SSSR count). The van der Waals surface area contributed by atoms with Crippen LogP contribution in [0.15, 0.2) is 84.9 Å². The quantitative estimate of drug-likeness (QED) is 0.402. The Hall–Kier alpha value is -3.75. The molecular formula is C31H35N5O2S. The van der Waals surface area contributed by atoms with Crippen molar-refractivity contribution in [3.8, 4) is 0 Å². The van der Waals surface area contributed by atoms with Crippen molar-refractivity contribution in [3.05, 3.63) is 90.5 Å². The summed E-state index contributed by atoms with van der Waals surface area (Å²) in [6.07, 6.45) is 0.906. The Bertz CT molecular complexity index is 1280. The maximum absolute atomic E-state index is 13.6. The molecule has 0 saturated carbocycles. The summed E-state index contributed by atoms with van der Waals surface area (Å²) in [5, 5.41) is 3.39. The zero-order valence-electron chi connectivity index (χ0n) is 22.3. The van der Waals surface area contributed by atoms with Crippen LogP contribution in [0.3, 0.4) is 0 Å². The van der Waals surface area contributed by atoms with Gasteiger partial charge in [0.2, 0.25) is 5.91 Å². The van der Waals surface area contributed by atoms with E-state index in [9.17, 15) is 9.59 Å². The standard InChI is InChI=1S/C31H35N5O2S/c1-24-13-15-27(16-14-24)36-30(38)28(23-29(37)32-25-9-4-2-5-10-25)35(31(36)39)18-8-17-33-19-21-34(22-20-33)26-11-6-3-7-12-26/h2-7,9-16,28H,8,17-23H2,1H3,(H,32,37)/t28-/m1/s1. The SMILES string of the molecule is Cc1ccc(N2C(=O)[C@@H](CC(=O)Nc3ccccc3)N(CCCN3CCN(c4ccccc4)CC3)C2=S)cc1. The van der Waals surface area contributed by atoms with Crippen molar-refractivity contribution < 1.29 is 9.59 Å². The summed E-state index contributed by atoms with van der Waals surface area (Å²) in [6, 6.07) is 27.0. The fourth-order valence-electron chi connectivity index (χ4n) is 5.26. The molecule has 2 heterocycles. The molecule has 8 heteroatoms. The van der Waals surface area contributed by atoms with Crippen LogP contribution in [0, 0.1) is 6.92 Å². The van der Waals surface area contributed by atoms with Crippen LogP contribution in [-0.2, 0) is 9.59 Å². The van der Waals surface area contributed by atoms with Crippen LogP contribution < -0.4 is 15.1 Å². The Balaban J connectivity index is 1.22. The number of aryl methyl sites for hydroxylation is 1. The van der Waals surface area contributed by atoms with Gasteiger partial charge in [0.05, 0.1) is 12.1 Å². The number of para-hydroxylation sites is 2. The van der Waals surface area contributed by atoms with E-state index < -0.39 is 6.04 Å². The summed E-state index contributed by atoms with van der Waals surface area (Å²) >= 11 is 5.83. The van der Waals surface area contributed by atoms with Crippen molar-refractivity contribution >= 4 is 46.2 Å². The number of benzene rings is 3. The van der Waals surface area contributed by atoms with Crippen molar-refractivity contribution in [2.45, 2.75) is 25.8 Å². The third kappa shape index (κ3) is 6.46. The van der Waals surface area contributed by atoms with Gasteiger partial charge >= 0.3 is 0 Å². The minimum Gasteiger partial charge on any atom is -0.369 e. The average Bonchev–Trinajstić information content (AvgIpc) is 3.19. The van der Waals surface area contributed by atoms with E-state index in [0.717, 1.165) is 50.4 Å². The van der Waals surface area contributed by atoms with E-state index in [0.29, 0.717) is 17.3 Å². The lowest BCUT2D eigenvalue weighted by Crippen LogP contribution is -2.47. The second-order valence-electron chi connectivity index (χ2n) is 10.1. The van der Waals surface area contributed by atoms with Gasteiger partial charge in [-0.15, -0.1) is 0 Å². The van der Waals surface area contributed by atoms with Crippen LogP contribution in [0.5, 0.6) is 0 Å². The Labute approximate surface area is 236 Å². The van der Waals surface area contributed by atoms with E-state index in [2.05, 4.69) is 39.4 Å². The van der Waals surface area contributed by atoms with E-state index >= 15 is 0 Å². The van der Waals surface area contributed by atoms with Gasteiger partial charge in [-0.1, -0.05) is 54.1 Å². The molecule has 7 nitrogen and oxygen atoms in total. The Kier molecular flexibility index (Phi) is 8.54. The molecule has 0 radical (unpaired) electrons. The van der Waals surface area contributed by atoms with Crippen LogP contribution in [0.1, 0.15) is 18.4 Å². The third-order valence-corrected chi connectivity index (χ3v) is 7.83. The molecule has 1 N–H and O–H groups in total. The number of thiocarbonyl (C=S) groups is 1. The number of carbonyl (C=O) groups excluding carboxylic acids is 2. The number of piperazine rings is 1. The van der Waals surface area contributed by atoms with Gasteiger partial charge in [0.25, 0.3) is 5.91 Å². The molecule has 0 bridgehead atoms. The van der Waals surface area contributed by atoms with E-state index in [-0.39, 0.29) is 18.2 Å².